The zero-order valence-electron chi connectivity index (χ0n) is 19.7. The van der Waals surface area contributed by atoms with Crippen molar-refractivity contribution in [1.29, 1.82) is 0 Å². The Hall–Kier alpha value is -4.78. The van der Waals surface area contributed by atoms with Crippen LogP contribution in [0.2, 0.25) is 0 Å². The van der Waals surface area contributed by atoms with Crippen LogP contribution in [-0.4, -0.2) is 30.4 Å². The molecule has 0 unspecified atom stereocenters. The number of carbonyl (C=O) groups excluding carboxylic acids is 1. The van der Waals surface area contributed by atoms with Crippen LogP contribution in [0.15, 0.2) is 97.3 Å². The fourth-order valence-electron chi connectivity index (χ4n) is 4.43. The molecular formula is C29H24N6O. The Balaban J connectivity index is 1.33. The molecule has 0 fully saturated rings. The summed E-state index contributed by atoms with van der Waals surface area (Å²) in [4.78, 5) is 30.0. The number of nitrogens with one attached hydrogen (secondary N) is 2. The number of amides is 1. The smallest absolute Gasteiger partial charge is 0.251 e. The highest BCUT2D eigenvalue weighted by Crippen LogP contribution is 2.27. The van der Waals surface area contributed by atoms with Gasteiger partial charge in [0, 0.05) is 23.9 Å². The molecule has 0 spiro atoms. The SMILES string of the molecule is C[C@H](NC(=O)c1ccc2c(c1)nc(-c1ccccc1)n2Cc1ccccc1)c1nc2ccncc2[nH]1. The molecule has 0 saturated carbocycles. The number of benzene rings is 3. The Labute approximate surface area is 207 Å². The second kappa shape index (κ2) is 9.11. The van der Waals surface area contributed by atoms with Gasteiger partial charge in [-0.2, -0.15) is 0 Å². The van der Waals surface area contributed by atoms with Crippen LogP contribution in [0, 0.1) is 0 Å². The standard InChI is InChI=1S/C29H24N6O/c1-19(27-32-23-14-15-30-17-25(23)33-27)31-29(36)22-12-13-26-24(16-22)34-28(21-10-6-3-7-11-21)35(26)18-20-8-4-2-5-9-20/h2-17,19H,18H2,1H3,(H,31,36)(H,32,33)/t19-/m0/s1. The average Bonchev–Trinajstić information content (AvgIpc) is 3.51. The molecule has 36 heavy (non-hydrogen) atoms. The number of rotatable bonds is 6. The molecule has 6 rings (SSSR count). The first kappa shape index (κ1) is 21.7. The average molecular weight is 473 g/mol. The Kier molecular flexibility index (Phi) is 5.50. The Morgan fingerprint density at radius 1 is 0.944 bits per heavy atom. The lowest BCUT2D eigenvalue weighted by molar-refractivity contribution is 0.0938. The summed E-state index contributed by atoms with van der Waals surface area (Å²) in [5.74, 6) is 1.38. The van der Waals surface area contributed by atoms with Crippen LogP contribution in [0.25, 0.3) is 33.5 Å². The normalized spacial score (nSPS) is 12.1. The lowest BCUT2D eigenvalue weighted by Crippen LogP contribution is -2.27. The number of aromatic nitrogens is 5. The molecule has 0 saturated heterocycles. The number of aromatic amines is 1. The van der Waals surface area contributed by atoms with Crippen LogP contribution in [-0.2, 0) is 6.54 Å². The summed E-state index contributed by atoms with van der Waals surface area (Å²) in [7, 11) is 0. The zero-order chi connectivity index (χ0) is 24.5. The lowest BCUT2D eigenvalue weighted by atomic mass is 10.1. The number of hydrogen-bond donors (Lipinski definition) is 2. The second-order valence-electron chi connectivity index (χ2n) is 8.79. The van der Waals surface area contributed by atoms with E-state index in [1.807, 2.05) is 67.6 Å². The number of nitrogens with zero attached hydrogens (tertiary/aromatic N) is 4. The summed E-state index contributed by atoms with van der Waals surface area (Å²) in [5, 5.41) is 3.04. The van der Waals surface area contributed by atoms with Crippen molar-refractivity contribution in [2.45, 2.75) is 19.5 Å². The maximum Gasteiger partial charge on any atom is 0.251 e. The van der Waals surface area contributed by atoms with Gasteiger partial charge in [-0.1, -0.05) is 60.7 Å². The Morgan fingerprint density at radius 3 is 2.50 bits per heavy atom. The van der Waals surface area contributed by atoms with Gasteiger partial charge in [-0.25, -0.2) is 9.97 Å². The van der Waals surface area contributed by atoms with Gasteiger partial charge in [0.25, 0.3) is 5.91 Å². The van der Waals surface area contributed by atoms with Crippen LogP contribution in [0.1, 0.15) is 34.7 Å². The molecule has 7 heteroatoms. The molecule has 3 aromatic heterocycles. The fraction of sp³-hybridized carbons (Fsp3) is 0.103. The Morgan fingerprint density at radius 2 is 1.72 bits per heavy atom. The van der Waals surface area contributed by atoms with E-state index in [0.29, 0.717) is 17.9 Å². The van der Waals surface area contributed by atoms with E-state index in [0.717, 1.165) is 33.5 Å². The van der Waals surface area contributed by atoms with Crippen LogP contribution in [0.5, 0.6) is 0 Å². The molecular weight excluding hydrogens is 448 g/mol. The van der Waals surface area contributed by atoms with Crippen molar-refractivity contribution in [3.63, 3.8) is 0 Å². The predicted octanol–water partition coefficient (Wildman–Crippen LogP) is 5.51. The first-order valence-electron chi connectivity index (χ1n) is 11.9. The van der Waals surface area contributed by atoms with Gasteiger partial charge in [0.05, 0.1) is 34.3 Å². The topological polar surface area (TPSA) is 88.5 Å². The van der Waals surface area contributed by atoms with E-state index in [1.54, 1.807) is 12.4 Å². The van der Waals surface area contributed by atoms with E-state index in [2.05, 4.69) is 49.1 Å². The van der Waals surface area contributed by atoms with Crippen molar-refractivity contribution in [2.75, 3.05) is 0 Å². The first-order chi connectivity index (χ1) is 17.7. The molecule has 6 aromatic rings. The maximum atomic E-state index is 13.1. The van der Waals surface area contributed by atoms with E-state index in [4.69, 9.17) is 4.98 Å². The summed E-state index contributed by atoms with van der Waals surface area (Å²) in [6.45, 7) is 2.59. The van der Waals surface area contributed by atoms with Gasteiger partial charge >= 0.3 is 0 Å². The van der Waals surface area contributed by atoms with Gasteiger partial charge in [0.1, 0.15) is 11.6 Å². The largest absolute Gasteiger partial charge is 0.342 e. The minimum atomic E-state index is -0.295. The minimum Gasteiger partial charge on any atom is -0.342 e. The quantitative estimate of drug-likeness (QED) is 0.334. The highest BCUT2D eigenvalue weighted by Gasteiger charge is 2.18. The highest BCUT2D eigenvalue weighted by atomic mass is 16.1. The highest BCUT2D eigenvalue weighted by molar-refractivity contribution is 5.98. The van der Waals surface area contributed by atoms with Crippen molar-refractivity contribution in [2.24, 2.45) is 0 Å². The number of fused-ring (bicyclic) bond motifs is 2. The van der Waals surface area contributed by atoms with Crippen molar-refractivity contribution < 1.29 is 4.79 Å². The predicted molar refractivity (Wildman–Crippen MR) is 140 cm³/mol. The third-order valence-electron chi connectivity index (χ3n) is 6.29. The minimum absolute atomic E-state index is 0.179. The van der Waals surface area contributed by atoms with Crippen LogP contribution in [0.3, 0.4) is 0 Å². The first-order valence-corrected chi connectivity index (χ1v) is 11.9. The van der Waals surface area contributed by atoms with E-state index >= 15 is 0 Å². The molecule has 0 radical (unpaired) electrons. The van der Waals surface area contributed by atoms with Crippen molar-refractivity contribution in [3.05, 3.63) is 114 Å². The van der Waals surface area contributed by atoms with Gasteiger partial charge in [0.15, 0.2) is 0 Å². The summed E-state index contributed by atoms with van der Waals surface area (Å²) in [6, 6.07) is 27.7. The zero-order valence-corrected chi connectivity index (χ0v) is 19.7. The molecule has 0 aliphatic carbocycles. The van der Waals surface area contributed by atoms with Crippen LogP contribution in [0.4, 0.5) is 0 Å². The van der Waals surface area contributed by atoms with Gasteiger partial charge in [-0.15, -0.1) is 0 Å². The number of imidazole rings is 2. The molecule has 176 valence electrons. The monoisotopic (exact) mass is 472 g/mol. The van der Waals surface area contributed by atoms with Crippen molar-refractivity contribution in [1.82, 2.24) is 29.8 Å². The third-order valence-corrected chi connectivity index (χ3v) is 6.29. The third kappa shape index (κ3) is 4.11. The number of pyridine rings is 1. The molecule has 7 nitrogen and oxygen atoms in total. The van der Waals surface area contributed by atoms with Crippen molar-refractivity contribution in [3.8, 4) is 11.4 Å². The van der Waals surface area contributed by atoms with Gasteiger partial charge < -0.3 is 14.9 Å². The van der Waals surface area contributed by atoms with Gasteiger partial charge in [-0.05, 0) is 36.8 Å². The van der Waals surface area contributed by atoms with E-state index < -0.39 is 0 Å². The summed E-state index contributed by atoms with van der Waals surface area (Å²) < 4.78 is 2.20. The molecule has 0 aliphatic rings. The molecule has 2 N–H and O–H groups in total. The van der Waals surface area contributed by atoms with Crippen LogP contribution >= 0.6 is 0 Å². The number of hydrogen-bond acceptors (Lipinski definition) is 4. The summed E-state index contributed by atoms with van der Waals surface area (Å²) in [6.07, 6.45) is 3.43. The molecule has 0 bridgehead atoms. The van der Waals surface area contributed by atoms with Gasteiger partial charge in [0.2, 0.25) is 0 Å². The van der Waals surface area contributed by atoms with Gasteiger partial charge in [-0.3, -0.25) is 9.78 Å². The Bertz CT molecular complexity index is 1640. The number of H-pyrrole nitrogens is 1. The van der Waals surface area contributed by atoms with E-state index in [9.17, 15) is 4.79 Å². The molecule has 3 heterocycles. The molecule has 1 amide bonds. The summed E-state index contributed by atoms with van der Waals surface area (Å²) in [5.41, 5.74) is 6.18. The van der Waals surface area contributed by atoms with Crippen molar-refractivity contribution >= 4 is 28.0 Å². The lowest BCUT2D eigenvalue weighted by Gasteiger charge is -2.12. The van der Waals surface area contributed by atoms with Crippen LogP contribution < -0.4 is 5.32 Å². The molecule has 0 aliphatic heterocycles. The molecule has 3 aromatic carbocycles. The maximum absolute atomic E-state index is 13.1. The van der Waals surface area contributed by atoms with E-state index in [-0.39, 0.29) is 11.9 Å². The molecule has 1 atom stereocenters. The number of carbonyl (C=O) groups is 1. The summed E-state index contributed by atoms with van der Waals surface area (Å²) >= 11 is 0. The fourth-order valence-corrected chi connectivity index (χ4v) is 4.43. The second-order valence-corrected chi connectivity index (χ2v) is 8.79. The van der Waals surface area contributed by atoms with E-state index in [1.165, 1.54) is 5.56 Å².